The number of aryl methyl sites for hydroxylation is 1. The molecule has 3 N–H and O–H groups in total. The van der Waals surface area contributed by atoms with E-state index in [-0.39, 0.29) is 16.1 Å². The van der Waals surface area contributed by atoms with Crippen LogP contribution in [-0.4, -0.2) is 8.42 Å². The summed E-state index contributed by atoms with van der Waals surface area (Å²) < 4.78 is 32.4. The summed E-state index contributed by atoms with van der Waals surface area (Å²) in [6.07, 6.45) is 0. The van der Waals surface area contributed by atoms with Crippen LogP contribution < -0.4 is 10.5 Å². The number of hydrogen-bond acceptors (Lipinski definition) is 4. The Morgan fingerprint density at radius 2 is 2.05 bits per heavy atom. The number of hydrogen-bond donors (Lipinski definition) is 2. The molecule has 0 unspecified atom stereocenters. The summed E-state index contributed by atoms with van der Waals surface area (Å²) in [5.74, 6) is 0.400. The lowest BCUT2D eigenvalue weighted by Gasteiger charge is -2.08. The van der Waals surface area contributed by atoms with Crippen LogP contribution in [0.25, 0.3) is 0 Å². The van der Waals surface area contributed by atoms with Gasteiger partial charge in [0.1, 0.15) is 10.7 Å². The highest BCUT2D eigenvalue weighted by Gasteiger charge is 2.22. The third kappa shape index (κ3) is 2.99. The Bertz CT molecular complexity index is 695. The Hall–Kier alpha value is -1.31. The second-order valence-corrected chi connectivity index (χ2v) is 6.35. The molecule has 1 aromatic carbocycles. The molecule has 7 heteroatoms. The van der Waals surface area contributed by atoms with Gasteiger partial charge >= 0.3 is 0 Å². The molecule has 1 aromatic heterocycles. The van der Waals surface area contributed by atoms with Crippen molar-refractivity contribution >= 4 is 31.6 Å². The van der Waals surface area contributed by atoms with Gasteiger partial charge in [-0.2, -0.15) is 0 Å². The molecular weight excluding hydrogens is 332 g/mol. The number of furan rings is 1. The zero-order valence-corrected chi connectivity index (χ0v) is 12.6. The second kappa shape index (κ2) is 5.36. The van der Waals surface area contributed by atoms with Crippen molar-refractivity contribution in [1.29, 1.82) is 0 Å². The van der Waals surface area contributed by atoms with Crippen molar-refractivity contribution in [2.75, 3.05) is 4.72 Å². The first kappa shape index (κ1) is 14.1. The molecule has 0 aliphatic heterocycles. The second-order valence-electron chi connectivity index (χ2n) is 3.98. The Morgan fingerprint density at radius 3 is 2.63 bits per heavy atom. The summed E-state index contributed by atoms with van der Waals surface area (Å²) in [5, 5.41) is 0. The lowest BCUT2D eigenvalue weighted by molar-refractivity contribution is 0.484. The molecule has 0 aliphatic rings. The number of rotatable bonds is 4. The van der Waals surface area contributed by atoms with E-state index < -0.39 is 10.0 Å². The number of anilines is 1. The van der Waals surface area contributed by atoms with Gasteiger partial charge in [0, 0.05) is 6.07 Å². The van der Waals surface area contributed by atoms with E-state index in [2.05, 4.69) is 20.7 Å². The molecule has 0 spiro atoms. The summed E-state index contributed by atoms with van der Waals surface area (Å²) in [6, 6.07) is 8.54. The van der Waals surface area contributed by atoms with Gasteiger partial charge in [-0.25, -0.2) is 8.42 Å². The van der Waals surface area contributed by atoms with Crippen molar-refractivity contribution in [3.8, 4) is 0 Å². The third-order valence-electron chi connectivity index (χ3n) is 2.59. The molecule has 0 saturated carbocycles. The van der Waals surface area contributed by atoms with Gasteiger partial charge in [-0.1, -0.05) is 18.2 Å². The van der Waals surface area contributed by atoms with Gasteiger partial charge in [-0.3, -0.25) is 4.72 Å². The summed E-state index contributed by atoms with van der Waals surface area (Å²) >= 11 is 3.08. The maximum absolute atomic E-state index is 12.3. The molecule has 0 atom stereocenters. The van der Waals surface area contributed by atoms with E-state index in [4.69, 9.17) is 10.2 Å². The lowest BCUT2D eigenvalue weighted by Crippen LogP contribution is -2.13. The summed E-state index contributed by atoms with van der Waals surface area (Å²) in [6.45, 7) is 1.96. The van der Waals surface area contributed by atoms with Gasteiger partial charge in [0.05, 0.1) is 12.2 Å². The van der Waals surface area contributed by atoms with E-state index in [1.165, 1.54) is 6.07 Å². The molecule has 1 heterocycles. The van der Waals surface area contributed by atoms with Crippen LogP contribution in [0.3, 0.4) is 0 Å². The van der Waals surface area contributed by atoms with E-state index in [1.807, 2.05) is 19.1 Å². The smallest absolute Gasteiger partial charge is 0.266 e. The molecule has 0 aliphatic carbocycles. The lowest BCUT2D eigenvalue weighted by atomic mass is 10.2. The van der Waals surface area contributed by atoms with Gasteiger partial charge in [-0.05, 0) is 34.5 Å². The normalized spacial score (nSPS) is 11.5. The van der Waals surface area contributed by atoms with Gasteiger partial charge < -0.3 is 10.2 Å². The van der Waals surface area contributed by atoms with Crippen molar-refractivity contribution in [3.63, 3.8) is 0 Å². The first-order valence-corrected chi connectivity index (χ1v) is 7.78. The molecule has 0 amide bonds. The van der Waals surface area contributed by atoms with Crippen molar-refractivity contribution < 1.29 is 12.8 Å². The molecule has 2 rings (SSSR count). The summed E-state index contributed by atoms with van der Waals surface area (Å²) in [5.41, 5.74) is 6.79. The van der Waals surface area contributed by atoms with Gasteiger partial charge in [-0.15, -0.1) is 0 Å². The fourth-order valence-electron chi connectivity index (χ4n) is 1.57. The van der Waals surface area contributed by atoms with Crippen LogP contribution in [0.1, 0.15) is 11.3 Å². The largest absolute Gasteiger partial charge is 0.452 e. The zero-order valence-electron chi connectivity index (χ0n) is 10.2. The van der Waals surface area contributed by atoms with Crippen LogP contribution in [0.5, 0.6) is 0 Å². The van der Waals surface area contributed by atoms with Gasteiger partial charge in [0.25, 0.3) is 10.0 Å². The molecule has 0 saturated heterocycles. The number of halogens is 1. The highest BCUT2D eigenvalue weighted by molar-refractivity contribution is 9.10. The average molecular weight is 345 g/mol. The molecule has 5 nitrogen and oxygen atoms in total. The fourth-order valence-corrected chi connectivity index (χ4v) is 3.70. The van der Waals surface area contributed by atoms with Crippen molar-refractivity contribution in [2.24, 2.45) is 5.73 Å². The Labute approximate surface area is 120 Å². The van der Waals surface area contributed by atoms with Gasteiger partial charge in [0.2, 0.25) is 0 Å². The fraction of sp³-hybridized carbons (Fsp3) is 0.167. The van der Waals surface area contributed by atoms with Crippen molar-refractivity contribution in [2.45, 2.75) is 18.4 Å². The molecular formula is C12H13BrN2O3S. The van der Waals surface area contributed by atoms with Crippen LogP contribution in [0.2, 0.25) is 0 Å². The molecule has 2 aromatic rings. The molecule has 0 radical (unpaired) electrons. The maximum atomic E-state index is 12.3. The van der Waals surface area contributed by atoms with E-state index in [0.717, 1.165) is 5.56 Å². The highest BCUT2D eigenvalue weighted by atomic mass is 79.9. The third-order valence-corrected chi connectivity index (χ3v) is 4.81. The zero-order chi connectivity index (χ0) is 14.0. The van der Waals surface area contributed by atoms with E-state index in [0.29, 0.717) is 11.4 Å². The number of sulfonamides is 1. The van der Waals surface area contributed by atoms with Crippen molar-refractivity contribution in [1.82, 2.24) is 0 Å². The average Bonchev–Trinajstić information content (AvgIpc) is 2.74. The minimum absolute atomic E-state index is 0.0382. The molecule has 0 bridgehead atoms. The number of benzene rings is 1. The number of nitrogens with two attached hydrogens (primary N) is 1. The summed E-state index contributed by atoms with van der Waals surface area (Å²) in [7, 11) is -3.70. The van der Waals surface area contributed by atoms with Crippen LogP contribution in [0.4, 0.5) is 5.69 Å². The first-order valence-electron chi connectivity index (χ1n) is 5.51. The predicted molar refractivity (Wildman–Crippen MR) is 76.3 cm³/mol. The summed E-state index contributed by atoms with van der Waals surface area (Å²) in [4.78, 5) is 0.0382. The van der Waals surface area contributed by atoms with Crippen molar-refractivity contribution in [3.05, 3.63) is 46.3 Å². The SMILES string of the molecule is Cc1ccccc1NS(=O)(=O)c1cc(CN)oc1Br. The Morgan fingerprint density at radius 1 is 1.37 bits per heavy atom. The number of nitrogens with one attached hydrogen (secondary N) is 1. The first-order chi connectivity index (χ1) is 8.94. The van der Waals surface area contributed by atoms with Crippen LogP contribution in [-0.2, 0) is 16.6 Å². The standard InChI is InChI=1S/C12H13BrN2O3S/c1-8-4-2-3-5-10(8)15-19(16,17)11-6-9(7-14)18-12(11)13/h2-6,15H,7,14H2,1H3. The molecule has 102 valence electrons. The van der Waals surface area contributed by atoms with Crippen LogP contribution in [0, 0.1) is 6.92 Å². The Balaban J connectivity index is 2.38. The van der Waals surface area contributed by atoms with E-state index in [1.54, 1.807) is 12.1 Å². The topological polar surface area (TPSA) is 85.3 Å². The Kier molecular flexibility index (Phi) is 3.98. The quantitative estimate of drug-likeness (QED) is 0.892. The van der Waals surface area contributed by atoms with Gasteiger partial charge in [0.15, 0.2) is 4.67 Å². The minimum atomic E-state index is -3.70. The van der Waals surface area contributed by atoms with E-state index in [9.17, 15) is 8.42 Å². The van der Waals surface area contributed by atoms with Crippen LogP contribution in [0.15, 0.2) is 44.3 Å². The monoisotopic (exact) mass is 344 g/mol. The number of para-hydroxylation sites is 1. The van der Waals surface area contributed by atoms with Crippen LogP contribution >= 0.6 is 15.9 Å². The minimum Gasteiger partial charge on any atom is -0.452 e. The van der Waals surface area contributed by atoms with E-state index >= 15 is 0 Å². The maximum Gasteiger partial charge on any atom is 0.266 e. The molecule has 19 heavy (non-hydrogen) atoms. The molecule has 0 fully saturated rings. The predicted octanol–water partition coefficient (Wildman–Crippen LogP) is 2.61. The highest BCUT2D eigenvalue weighted by Crippen LogP contribution is 2.28.